The summed E-state index contributed by atoms with van der Waals surface area (Å²) in [5.74, 6) is 0.789. The molecule has 0 fully saturated rings. The van der Waals surface area contributed by atoms with Crippen LogP contribution in [0.3, 0.4) is 0 Å². The van der Waals surface area contributed by atoms with E-state index in [1.165, 1.54) is 17.3 Å². The van der Waals surface area contributed by atoms with E-state index in [2.05, 4.69) is 55.4 Å². The van der Waals surface area contributed by atoms with Crippen LogP contribution in [0.15, 0.2) is 71.4 Å². The lowest BCUT2D eigenvalue weighted by molar-refractivity contribution is 0.705. The highest BCUT2D eigenvalue weighted by molar-refractivity contribution is 7.99. The molecule has 7 heteroatoms. The van der Waals surface area contributed by atoms with Gasteiger partial charge in [0, 0.05) is 29.9 Å². The molecule has 0 aliphatic carbocycles. The third-order valence-corrected chi connectivity index (χ3v) is 5.03. The van der Waals surface area contributed by atoms with Crippen molar-refractivity contribution in [3.8, 4) is 11.4 Å². The number of rotatable bonds is 5. The van der Waals surface area contributed by atoms with Gasteiger partial charge in [0.1, 0.15) is 11.4 Å². The molecule has 0 amide bonds. The minimum Gasteiger partial charge on any atom is -0.298 e. The first-order chi connectivity index (χ1) is 13.1. The summed E-state index contributed by atoms with van der Waals surface area (Å²) in [6.07, 6.45) is 5.09. The Kier molecular flexibility index (Phi) is 4.68. The summed E-state index contributed by atoms with van der Waals surface area (Å²) in [5.41, 5.74) is 4.07. The van der Waals surface area contributed by atoms with E-state index in [1.54, 1.807) is 18.7 Å². The second kappa shape index (κ2) is 7.28. The molecule has 0 radical (unpaired) electrons. The Morgan fingerprint density at radius 2 is 1.93 bits per heavy atom. The van der Waals surface area contributed by atoms with Gasteiger partial charge in [0.05, 0.1) is 5.52 Å². The normalized spacial score (nSPS) is 11.0. The van der Waals surface area contributed by atoms with Crippen molar-refractivity contribution in [2.24, 2.45) is 0 Å². The minimum atomic E-state index is 0.634. The maximum absolute atomic E-state index is 4.48. The molecular formula is C20H18N6S. The zero-order valence-corrected chi connectivity index (χ0v) is 15.9. The van der Waals surface area contributed by atoms with Crippen LogP contribution in [0.25, 0.3) is 22.3 Å². The standard InChI is InChI=1S/C20H18N6S/c1-13(2)11-26-18(15-6-8-21-9-7-15)24-25-20(26)27-19-16-10-14(3)4-5-17(16)22-12-23-19/h4-10,12H,1,11H2,2-3H3. The number of nitrogens with zero attached hydrogens (tertiary/aromatic N) is 6. The highest BCUT2D eigenvalue weighted by atomic mass is 32.2. The third-order valence-electron chi connectivity index (χ3n) is 4.03. The molecule has 0 N–H and O–H groups in total. The maximum Gasteiger partial charge on any atom is 0.198 e. The Balaban J connectivity index is 1.80. The zero-order valence-electron chi connectivity index (χ0n) is 15.1. The average Bonchev–Trinajstić information content (AvgIpc) is 3.04. The Morgan fingerprint density at radius 1 is 1.11 bits per heavy atom. The number of aryl methyl sites for hydroxylation is 1. The molecule has 0 aliphatic rings. The van der Waals surface area contributed by atoms with E-state index < -0.39 is 0 Å². The van der Waals surface area contributed by atoms with E-state index >= 15 is 0 Å². The molecule has 0 spiro atoms. The van der Waals surface area contributed by atoms with Crippen molar-refractivity contribution in [3.63, 3.8) is 0 Å². The van der Waals surface area contributed by atoms with Crippen LogP contribution in [-0.2, 0) is 6.54 Å². The first-order valence-electron chi connectivity index (χ1n) is 8.49. The van der Waals surface area contributed by atoms with Gasteiger partial charge in [-0.05, 0) is 49.9 Å². The highest BCUT2D eigenvalue weighted by Gasteiger charge is 2.17. The van der Waals surface area contributed by atoms with Crippen molar-refractivity contribution >= 4 is 22.7 Å². The van der Waals surface area contributed by atoms with E-state index in [4.69, 9.17) is 0 Å². The first-order valence-corrected chi connectivity index (χ1v) is 9.30. The summed E-state index contributed by atoms with van der Waals surface area (Å²) in [6.45, 7) is 8.74. The van der Waals surface area contributed by atoms with Gasteiger partial charge in [-0.2, -0.15) is 0 Å². The van der Waals surface area contributed by atoms with Crippen LogP contribution >= 0.6 is 11.8 Å². The number of hydrogen-bond acceptors (Lipinski definition) is 6. The molecule has 27 heavy (non-hydrogen) atoms. The Morgan fingerprint density at radius 3 is 2.70 bits per heavy atom. The van der Waals surface area contributed by atoms with Gasteiger partial charge in [-0.15, -0.1) is 10.2 Å². The molecule has 4 rings (SSSR count). The quantitative estimate of drug-likeness (QED) is 0.383. The molecule has 3 aromatic heterocycles. The number of allylic oxidation sites excluding steroid dienone is 1. The second-order valence-electron chi connectivity index (χ2n) is 6.39. The van der Waals surface area contributed by atoms with Gasteiger partial charge < -0.3 is 0 Å². The van der Waals surface area contributed by atoms with Gasteiger partial charge >= 0.3 is 0 Å². The molecule has 0 saturated carbocycles. The second-order valence-corrected chi connectivity index (χ2v) is 7.34. The van der Waals surface area contributed by atoms with Crippen molar-refractivity contribution in [2.45, 2.75) is 30.6 Å². The van der Waals surface area contributed by atoms with Crippen LogP contribution in [0.1, 0.15) is 12.5 Å². The summed E-state index contributed by atoms with van der Waals surface area (Å²) < 4.78 is 2.06. The van der Waals surface area contributed by atoms with Gasteiger partial charge in [0.25, 0.3) is 0 Å². The number of aromatic nitrogens is 6. The van der Waals surface area contributed by atoms with Crippen molar-refractivity contribution in [1.29, 1.82) is 0 Å². The van der Waals surface area contributed by atoms with Crippen molar-refractivity contribution in [3.05, 3.63) is 66.8 Å². The lowest BCUT2D eigenvalue weighted by Crippen LogP contribution is -2.03. The number of benzene rings is 1. The van der Waals surface area contributed by atoms with E-state index in [9.17, 15) is 0 Å². The Hall–Kier alpha value is -3.06. The zero-order chi connectivity index (χ0) is 18.8. The number of pyridine rings is 1. The molecule has 0 aliphatic heterocycles. The number of hydrogen-bond donors (Lipinski definition) is 0. The van der Waals surface area contributed by atoms with Crippen LogP contribution in [0.5, 0.6) is 0 Å². The van der Waals surface area contributed by atoms with E-state index in [-0.39, 0.29) is 0 Å². The molecule has 4 aromatic rings. The van der Waals surface area contributed by atoms with Crippen molar-refractivity contribution < 1.29 is 0 Å². The lowest BCUT2D eigenvalue weighted by Gasteiger charge is -2.10. The highest BCUT2D eigenvalue weighted by Crippen LogP contribution is 2.32. The summed E-state index contributed by atoms with van der Waals surface area (Å²) in [4.78, 5) is 12.9. The molecule has 3 heterocycles. The molecule has 0 unspecified atom stereocenters. The largest absolute Gasteiger partial charge is 0.298 e. The fourth-order valence-corrected chi connectivity index (χ4v) is 3.69. The van der Waals surface area contributed by atoms with Crippen LogP contribution in [0, 0.1) is 6.92 Å². The van der Waals surface area contributed by atoms with Gasteiger partial charge in [-0.1, -0.05) is 23.8 Å². The maximum atomic E-state index is 4.48. The molecule has 6 nitrogen and oxygen atoms in total. The first kappa shape index (κ1) is 17.4. The molecule has 1 aromatic carbocycles. The fourth-order valence-electron chi connectivity index (χ4n) is 2.81. The topological polar surface area (TPSA) is 69.4 Å². The third kappa shape index (κ3) is 3.59. The van der Waals surface area contributed by atoms with Crippen molar-refractivity contribution in [1.82, 2.24) is 29.7 Å². The monoisotopic (exact) mass is 374 g/mol. The molecule has 134 valence electrons. The lowest BCUT2D eigenvalue weighted by atomic mass is 10.2. The summed E-state index contributed by atoms with van der Waals surface area (Å²) in [6, 6.07) is 10.0. The SMILES string of the molecule is C=C(C)Cn1c(Sc2ncnc3ccc(C)cc23)nnc1-c1ccncc1. The predicted octanol–water partition coefficient (Wildman–Crippen LogP) is 4.32. The smallest absolute Gasteiger partial charge is 0.198 e. The molecule has 0 bridgehead atoms. The fraction of sp³-hybridized carbons (Fsp3) is 0.150. The van der Waals surface area contributed by atoms with Gasteiger partial charge in [0.15, 0.2) is 11.0 Å². The summed E-state index contributed by atoms with van der Waals surface area (Å²) in [5, 5.41) is 11.5. The minimum absolute atomic E-state index is 0.634. The van der Waals surface area contributed by atoms with Gasteiger partial charge in [0.2, 0.25) is 0 Å². The van der Waals surface area contributed by atoms with Crippen LogP contribution < -0.4 is 0 Å². The molecule has 0 saturated heterocycles. The molecule has 0 atom stereocenters. The van der Waals surface area contributed by atoms with E-state index in [0.29, 0.717) is 6.54 Å². The summed E-state index contributed by atoms with van der Waals surface area (Å²) in [7, 11) is 0. The van der Waals surface area contributed by atoms with Crippen molar-refractivity contribution in [2.75, 3.05) is 0 Å². The van der Waals surface area contributed by atoms with Crippen LogP contribution in [0.4, 0.5) is 0 Å². The van der Waals surface area contributed by atoms with Crippen LogP contribution in [-0.4, -0.2) is 29.7 Å². The van der Waals surface area contributed by atoms with E-state index in [1.807, 2.05) is 25.1 Å². The average molecular weight is 374 g/mol. The Labute approximate surface area is 161 Å². The summed E-state index contributed by atoms with van der Waals surface area (Å²) >= 11 is 1.49. The van der Waals surface area contributed by atoms with Gasteiger partial charge in [-0.3, -0.25) is 9.55 Å². The van der Waals surface area contributed by atoms with E-state index in [0.717, 1.165) is 38.0 Å². The predicted molar refractivity (Wildman–Crippen MR) is 106 cm³/mol. The van der Waals surface area contributed by atoms with Crippen LogP contribution in [0.2, 0.25) is 0 Å². The Bertz CT molecular complexity index is 1120. The van der Waals surface area contributed by atoms with Gasteiger partial charge in [-0.25, -0.2) is 9.97 Å². The molecular weight excluding hydrogens is 356 g/mol. The number of fused-ring (bicyclic) bond motifs is 1.